The van der Waals surface area contributed by atoms with Crippen molar-refractivity contribution in [2.45, 2.75) is 19.4 Å². The number of anilines is 1. The van der Waals surface area contributed by atoms with E-state index in [1.165, 1.54) is 0 Å². The third-order valence-electron chi connectivity index (χ3n) is 4.17. The quantitative estimate of drug-likeness (QED) is 0.836. The lowest BCUT2D eigenvalue weighted by Crippen LogP contribution is -2.47. The molecule has 2 saturated heterocycles. The first-order valence-corrected chi connectivity index (χ1v) is 7.89. The van der Waals surface area contributed by atoms with Crippen molar-refractivity contribution >= 4 is 29.1 Å². The van der Waals surface area contributed by atoms with Crippen LogP contribution in [-0.2, 0) is 14.3 Å². The van der Waals surface area contributed by atoms with Crippen LogP contribution in [0, 0.1) is 5.92 Å². The van der Waals surface area contributed by atoms with Crippen molar-refractivity contribution in [2.75, 3.05) is 31.1 Å². The van der Waals surface area contributed by atoms with E-state index in [-0.39, 0.29) is 30.3 Å². The monoisotopic (exact) mass is 322 g/mol. The molecule has 1 aromatic rings. The Bertz CT molecular complexity index is 593. The van der Waals surface area contributed by atoms with Crippen molar-refractivity contribution in [3.63, 3.8) is 0 Å². The molecule has 6 heteroatoms. The van der Waals surface area contributed by atoms with Gasteiger partial charge in [0.25, 0.3) is 0 Å². The van der Waals surface area contributed by atoms with E-state index in [1.807, 2.05) is 30.0 Å². The van der Waals surface area contributed by atoms with Gasteiger partial charge in [-0.25, -0.2) is 0 Å². The Morgan fingerprint density at radius 3 is 2.82 bits per heavy atom. The van der Waals surface area contributed by atoms with Gasteiger partial charge >= 0.3 is 0 Å². The van der Waals surface area contributed by atoms with Gasteiger partial charge in [0.2, 0.25) is 11.8 Å². The summed E-state index contributed by atoms with van der Waals surface area (Å²) in [5.74, 6) is -0.306. The number of hydrogen-bond acceptors (Lipinski definition) is 3. The van der Waals surface area contributed by atoms with Gasteiger partial charge in [-0.05, 0) is 19.1 Å². The molecular weight excluding hydrogens is 304 g/mol. The molecule has 5 nitrogen and oxygen atoms in total. The van der Waals surface area contributed by atoms with Gasteiger partial charge in [-0.15, -0.1) is 0 Å². The Balaban J connectivity index is 1.72. The fourth-order valence-corrected chi connectivity index (χ4v) is 3.29. The Morgan fingerprint density at radius 1 is 1.32 bits per heavy atom. The molecule has 2 atom stereocenters. The highest BCUT2D eigenvalue weighted by Gasteiger charge is 2.38. The minimum absolute atomic E-state index is 0.0399. The van der Waals surface area contributed by atoms with Gasteiger partial charge in [-0.3, -0.25) is 9.59 Å². The maximum atomic E-state index is 12.6. The van der Waals surface area contributed by atoms with Gasteiger partial charge in [-0.2, -0.15) is 0 Å². The SMILES string of the molecule is CC1CN(C(=O)C2CC(=O)N(c3ccccc3Cl)C2)CCO1. The van der Waals surface area contributed by atoms with Crippen molar-refractivity contribution < 1.29 is 14.3 Å². The van der Waals surface area contributed by atoms with Crippen LogP contribution in [0.3, 0.4) is 0 Å². The number of para-hydroxylation sites is 1. The Labute approximate surface area is 134 Å². The zero-order valence-corrected chi connectivity index (χ0v) is 13.3. The number of benzene rings is 1. The number of amides is 2. The minimum Gasteiger partial charge on any atom is -0.375 e. The lowest BCUT2D eigenvalue weighted by atomic mass is 10.1. The summed E-state index contributed by atoms with van der Waals surface area (Å²) in [6.45, 7) is 4.10. The third kappa shape index (κ3) is 2.96. The second-order valence-corrected chi connectivity index (χ2v) is 6.23. The van der Waals surface area contributed by atoms with Gasteiger partial charge in [0, 0.05) is 26.1 Å². The van der Waals surface area contributed by atoms with Crippen LogP contribution in [0.5, 0.6) is 0 Å². The molecule has 2 amide bonds. The lowest BCUT2D eigenvalue weighted by Gasteiger charge is -2.32. The number of halogens is 1. The van der Waals surface area contributed by atoms with E-state index in [9.17, 15) is 9.59 Å². The van der Waals surface area contributed by atoms with Gasteiger partial charge in [0.1, 0.15) is 0 Å². The van der Waals surface area contributed by atoms with Crippen molar-refractivity contribution in [3.8, 4) is 0 Å². The van der Waals surface area contributed by atoms with Crippen molar-refractivity contribution in [3.05, 3.63) is 29.3 Å². The summed E-state index contributed by atoms with van der Waals surface area (Å²) in [5, 5.41) is 0.531. The number of ether oxygens (including phenoxy) is 1. The molecule has 2 heterocycles. The van der Waals surface area contributed by atoms with E-state index < -0.39 is 0 Å². The molecule has 3 rings (SSSR count). The molecule has 2 aliphatic rings. The average molecular weight is 323 g/mol. The number of hydrogen-bond donors (Lipinski definition) is 0. The number of rotatable bonds is 2. The molecule has 2 aliphatic heterocycles. The van der Waals surface area contributed by atoms with E-state index >= 15 is 0 Å². The fourth-order valence-electron chi connectivity index (χ4n) is 3.05. The van der Waals surface area contributed by atoms with Crippen LogP contribution in [0.25, 0.3) is 0 Å². The van der Waals surface area contributed by atoms with Crippen molar-refractivity contribution in [2.24, 2.45) is 5.92 Å². The summed E-state index contributed by atoms with van der Waals surface area (Å²) in [6, 6.07) is 7.23. The molecule has 0 N–H and O–H groups in total. The summed E-state index contributed by atoms with van der Waals surface area (Å²) in [6.07, 6.45) is 0.296. The average Bonchev–Trinajstić information content (AvgIpc) is 2.89. The summed E-state index contributed by atoms with van der Waals surface area (Å²) < 4.78 is 5.46. The van der Waals surface area contributed by atoms with Crippen LogP contribution in [-0.4, -0.2) is 49.1 Å². The van der Waals surface area contributed by atoms with E-state index in [2.05, 4.69) is 0 Å². The van der Waals surface area contributed by atoms with E-state index in [1.54, 1.807) is 11.0 Å². The predicted octanol–water partition coefficient (Wildman–Crippen LogP) is 1.94. The first-order valence-electron chi connectivity index (χ1n) is 7.51. The van der Waals surface area contributed by atoms with Gasteiger partial charge in [0.05, 0.1) is 29.3 Å². The Kier molecular flexibility index (Phi) is 4.36. The zero-order valence-electron chi connectivity index (χ0n) is 12.5. The highest BCUT2D eigenvalue weighted by atomic mass is 35.5. The fraction of sp³-hybridized carbons (Fsp3) is 0.500. The van der Waals surface area contributed by atoms with E-state index in [4.69, 9.17) is 16.3 Å². The molecule has 0 saturated carbocycles. The topological polar surface area (TPSA) is 49.9 Å². The molecule has 2 fully saturated rings. The van der Waals surface area contributed by atoms with Crippen LogP contribution >= 0.6 is 11.6 Å². The molecule has 22 heavy (non-hydrogen) atoms. The van der Waals surface area contributed by atoms with E-state index in [0.29, 0.717) is 37.0 Å². The molecule has 0 bridgehead atoms. The number of carbonyl (C=O) groups is 2. The molecule has 2 unspecified atom stereocenters. The van der Waals surface area contributed by atoms with E-state index in [0.717, 1.165) is 0 Å². The second-order valence-electron chi connectivity index (χ2n) is 5.82. The highest BCUT2D eigenvalue weighted by molar-refractivity contribution is 6.33. The number of nitrogens with zero attached hydrogens (tertiary/aromatic N) is 2. The lowest BCUT2D eigenvalue weighted by molar-refractivity contribution is -0.142. The first kappa shape index (κ1) is 15.3. The van der Waals surface area contributed by atoms with Crippen molar-refractivity contribution in [1.82, 2.24) is 4.90 Å². The molecule has 118 valence electrons. The first-order chi connectivity index (χ1) is 10.6. The standard InChI is InChI=1S/C16H19ClN2O3/c1-11-9-18(6-7-22-11)16(21)12-8-15(20)19(10-12)14-5-3-2-4-13(14)17/h2-5,11-12H,6-10H2,1H3. The van der Waals surface area contributed by atoms with Crippen LogP contribution in [0.1, 0.15) is 13.3 Å². The van der Waals surface area contributed by atoms with Crippen LogP contribution < -0.4 is 4.90 Å². The summed E-state index contributed by atoms with van der Waals surface area (Å²) in [5.41, 5.74) is 0.680. The molecule has 0 aromatic heterocycles. The second kappa shape index (κ2) is 6.26. The summed E-state index contributed by atoms with van der Waals surface area (Å²) in [4.78, 5) is 28.3. The normalized spacial score (nSPS) is 25.6. The predicted molar refractivity (Wildman–Crippen MR) is 83.9 cm³/mol. The third-order valence-corrected chi connectivity index (χ3v) is 4.49. The highest BCUT2D eigenvalue weighted by Crippen LogP contribution is 2.31. The molecule has 0 spiro atoms. The van der Waals surface area contributed by atoms with Gasteiger partial charge in [0.15, 0.2) is 0 Å². The van der Waals surface area contributed by atoms with Crippen LogP contribution in [0.15, 0.2) is 24.3 Å². The van der Waals surface area contributed by atoms with Gasteiger partial charge < -0.3 is 14.5 Å². The summed E-state index contributed by atoms with van der Waals surface area (Å²) >= 11 is 6.16. The minimum atomic E-state index is -0.297. The largest absolute Gasteiger partial charge is 0.375 e. The van der Waals surface area contributed by atoms with Gasteiger partial charge in [-0.1, -0.05) is 23.7 Å². The molecule has 0 radical (unpaired) electrons. The smallest absolute Gasteiger partial charge is 0.228 e. The zero-order chi connectivity index (χ0) is 15.7. The van der Waals surface area contributed by atoms with Crippen LogP contribution in [0.4, 0.5) is 5.69 Å². The van der Waals surface area contributed by atoms with Crippen LogP contribution in [0.2, 0.25) is 5.02 Å². The number of carbonyl (C=O) groups excluding carboxylic acids is 2. The molecule has 0 aliphatic carbocycles. The molecular formula is C16H19ClN2O3. The summed E-state index contributed by atoms with van der Waals surface area (Å²) in [7, 11) is 0. The Morgan fingerprint density at radius 2 is 2.09 bits per heavy atom. The number of morpholine rings is 1. The van der Waals surface area contributed by atoms with Crippen molar-refractivity contribution in [1.29, 1.82) is 0 Å². The maximum Gasteiger partial charge on any atom is 0.228 e. The maximum absolute atomic E-state index is 12.6. The molecule has 1 aromatic carbocycles. The Hall–Kier alpha value is -1.59.